The second kappa shape index (κ2) is 5.57. The van der Waals surface area contributed by atoms with Crippen LogP contribution in [0.15, 0.2) is 24.3 Å². The zero-order valence-electron chi connectivity index (χ0n) is 9.49. The van der Waals surface area contributed by atoms with Gasteiger partial charge in [0.2, 0.25) is 0 Å². The van der Waals surface area contributed by atoms with E-state index in [0.717, 1.165) is 18.2 Å². The van der Waals surface area contributed by atoms with Crippen LogP contribution in [-0.2, 0) is 15.7 Å². The Morgan fingerprint density at radius 1 is 1.44 bits per heavy atom. The maximum Gasteiger partial charge on any atom is 0.416 e. The van der Waals surface area contributed by atoms with Crippen LogP contribution in [0.25, 0.3) is 6.08 Å². The summed E-state index contributed by atoms with van der Waals surface area (Å²) in [6.07, 6.45) is -1.99. The van der Waals surface area contributed by atoms with Crippen molar-refractivity contribution in [3.63, 3.8) is 0 Å². The van der Waals surface area contributed by atoms with E-state index in [1.54, 1.807) is 0 Å². The van der Waals surface area contributed by atoms with Gasteiger partial charge >= 0.3 is 12.1 Å². The van der Waals surface area contributed by atoms with Crippen LogP contribution in [0.3, 0.4) is 0 Å². The van der Waals surface area contributed by atoms with Gasteiger partial charge in [0.15, 0.2) is 0 Å². The maximum atomic E-state index is 12.4. The Balaban J connectivity index is 2.91. The minimum Gasteiger partial charge on any atom is -0.507 e. The van der Waals surface area contributed by atoms with Crippen LogP contribution in [0, 0.1) is 0 Å². The molecule has 1 N–H and O–H groups in total. The Hall–Kier alpha value is -1.98. The maximum absolute atomic E-state index is 12.4. The van der Waals surface area contributed by atoms with E-state index >= 15 is 0 Å². The summed E-state index contributed by atoms with van der Waals surface area (Å²) in [6, 6.07) is 2.55. The molecule has 0 aliphatic heterocycles. The summed E-state index contributed by atoms with van der Waals surface area (Å²) in [7, 11) is 1.21. The molecule has 18 heavy (non-hydrogen) atoms. The van der Waals surface area contributed by atoms with Gasteiger partial charge in [-0.15, -0.1) is 0 Å². The van der Waals surface area contributed by atoms with E-state index in [4.69, 9.17) is 0 Å². The van der Waals surface area contributed by atoms with Crippen LogP contribution in [0.2, 0.25) is 0 Å². The molecular weight excluding hydrogens is 249 g/mol. The predicted octanol–water partition coefficient (Wildman–Crippen LogP) is 2.99. The highest BCUT2D eigenvalue weighted by Gasteiger charge is 2.30. The van der Waals surface area contributed by atoms with Crippen LogP contribution in [0.1, 0.15) is 17.5 Å². The lowest BCUT2D eigenvalue weighted by atomic mass is 10.1. The van der Waals surface area contributed by atoms with Crippen LogP contribution < -0.4 is 0 Å². The molecule has 1 aromatic rings. The molecule has 0 unspecified atom stereocenters. The Bertz CT molecular complexity index is 464. The average Bonchev–Trinajstić information content (AvgIpc) is 2.29. The molecule has 0 aliphatic carbocycles. The third-order valence-electron chi connectivity index (χ3n) is 2.16. The minimum absolute atomic E-state index is 0.00581. The monoisotopic (exact) mass is 260 g/mol. The predicted molar refractivity (Wildman–Crippen MR) is 58.8 cm³/mol. The van der Waals surface area contributed by atoms with Crippen LogP contribution >= 0.6 is 0 Å². The second-order valence-corrected chi connectivity index (χ2v) is 3.45. The van der Waals surface area contributed by atoms with Crippen molar-refractivity contribution >= 4 is 12.0 Å². The van der Waals surface area contributed by atoms with Crippen molar-refractivity contribution in [3.8, 4) is 5.75 Å². The number of benzene rings is 1. The van der Waals surface area contributed by atoms with Crippen LogP contribution in [0.5, 0.6) is 5.75 Å². The number of rotatable bonds is 3. The van der Waals surface area contributed by atoms with Gasteiger partial charge in [0.25, 0.3) is 0 Å². The number of esters is 1. The number of phenolic OH excluding ortho intramolecular Hbond substituents is 1. The number of carbonyl (C=O) groups excluding carboxylic acids is 1. The second-order valence-electron chi connectivity index (χ2n) is 3.45. The number of carbonyl (C=O) groups is 1. The van der Waals surface area contributed by atoms with Gasteiger partial charge in [-0.3, -0.25) is 4.79 Å². The summed E-state index contributed by atoms with van der Waals surface area (Å²) in [4.78, 5) is 10.8. The number of halogens is 3. The van der Waals surface area contributed by atoms with E-state index in [1.807, 2.05) is 0 Å². The first kappa shape index (κ1) is 14.1. The Labute approximate surface area is 101 Å². The summed E-state index contributed by atoms with van der Waals surface area (Å²) < 4.78 is 41.6. The van der Waals surface area contributed by atoms with Crippen molar-refractivity contribution in [1.82, 2.24) is 0 Å². The van der Waals surface area contributed by atoms with Gasteiger partial charge in [-0.05, 0) is 18.2 Å². The molecule has 0 heterocycles. The van der Waals surface area contributed by atoms with Gasteiger partial charge in [0.1, 0.15) is 5.75 Å². The third-order valence-corrected chi connectivity index (χ3v) is 2.16. The quantitative estimate of drug-likeness (QED) is 0.850. The standard InChI is InChI=1S/C12H11F3O3/c1-18-11(17)4-2-3-8-7-9(12(13,14)15)5-6-10(8)16/h2-3,5-7,16H,4H2,1H3. The van der Waals surface area contributed by atoms with Gasteiger partial charge in [-0.25, -0.2) is 0 Å². The van der Waals surface area contributed by atoms with E-state index in [1.165, 1.54) is 19.3 Å². The lowest BCUT2D eigenvalue weighted by Crippen LogP contribution is -2.04. The van der Waals surface area contributed by atoms with E-state index in [2.05, 4.69) is 4.74 Å². The number of ether oxygens (including phenoxy) is 1. The average molecular weight is 260 g/mol. The van der Waals surface area contributed by atoms with Crippen molar-refractivity contribution in [2.45, 2.75) is 12.6 Å². The molecule has 3 nitrogen and oxygen atoms in total. The van der Waals surface area contributed by atoms with Crippen molar-refractivity contribution < 1.29 is 27.8 Å². The fourth-order valence-corrected chi connectivity index (χ4v) is 1.23. The molecule has 0 aromatic heterocycles. The number of hydrogen-bond donors (Lipinski definition) is 1. The van der Waals surface area contributed by atoms with E-state index in [9.17, 15) is 23.1 Å². The topological polar surface area (TPSA) is 46.5 Å². The number of phenols is 1. The summed E-state index contributed by atoms with van der Waals surface area (Å²) in [5.74, 6) is -0.804. The highest BCUT2D eigenvalue weighted by Crippen LogP contribution is 2.32. The summed E-state index contributed by atoms with van der Waals surface area (Å²) in [5, 5.41) is 9.39. The highest BCUT2D eigenvalue weighted by molar-refractivity contribution is 5.73. The van der Waals surface area contributed by atoms with Crippen LogP contribution in [0.4, 0.5) is 13.2 Å². The molecule has 0 spiro atoms. The van der Waals surface area contributed by atoms with Crippen molar-refractivity contribution in [3.05, 3.63) is 35.4 Å². The molecule has 0 radical (unpaired) electrons. The molecule has 1 aromatic carbocycles. The number of methoxy groups -OCH3 is 1. The van der Waals surface area contributed by atoms with Crippen molar-refractivity contribution in [2.24, 2.45) is 0 Å². The smallest absolute Gasteiger partial charge is 0.416 e. The molecule has 98 valence electrons. The van der Waals surface area contributed by atoms with Crippen molar-refractivity contribution in [1.29, 1.82) is 0 Å². The number of hydrogen-bond acceptors (Lipinski definition) is 3. The highest BCUT2D eigenvalue weighted by atomic mass is 19.4. The van der Waals surface area contributed by atoms with Crippen molar-refractivity contribution in [2.75, 3.05) is 7.11 Å². The largest absolute Gasteiger partial charge is 0.507 e. The summed E-state index contributed by atoms with van der Waals surface area (Å²) in [5.41, 5.74) is -0.869. The lowest BCUT2D eigenvalue weighted by molar-refractivity contribution is -0.139. The molecule has 0 aliphatic rings. The fourth-order valence-electron chi connectivity index (χ4n) is 1.23. The molecule has 1 rings (SSSR count). The third kappa shape index (κ3) is 3.80. The van der Waals surface area contributed by atoms with E-state index < -0.39 is 17.7 Å². The summed E-state index contributed by atoms with van der Waals surface area (Å²) >= 11 is 0. The minimum atomic E-state index is -4.47. The van der Waals surface area contributed by atoms with Gasteiger partial charge in [-0.2, -0.15) is 13.2 Å². The molecule has 0 fully saturated rings. The van der Waals surface area contributed by atoms with Gasteiger partial charge in [-0.1, -0.05) is 12.2 Å². The first-order chi connectivity index (χ1) is 8.34. The molecule has 6 heteroatoms. The fraction of sp³-hybridized carbons (Fsp3) is 0.250. The molecule has 0 atom stereocenters. The first-order valence-corrected chi connectivity index (χ1v) is 4.98. The normalized spacial score (nSPS) is 11.8. The van der Waals surface area contributed by atoms with Gasteiger partial charge in [0.05, 0.1) is 19.1 Å². The van der Waals surface area contributed by atoms with Gasteiger partial charge in [0, 0.05) is 5.56 Å². The molecular formula is C12H11F3O3. The SMILES string of the molecule is COC(=O)CC=Cc1cc(C(F)(F)F)ccc1O. The molecule has 0 amide bonds. The zero-order chi connectivity index (χ0) is 13.8. The van der Waals surface area contributed by atoms with Crippen LogP contribution in [-0.4, -0.2) is 18.2 Å². The molecule has 0 bridgehead atoms. The van der Waals surface area contributed by atoms with Gasteiger partial charge < -0.3 is 9.84 Å². The Morgan fingerprint density at radius 2 is 2.11 bits per heavy atom. The zero-order valence-corrected chi connectivity index (χ0v) is 9.49. The van der Waals surface area contributed by atoms with E-state index in [0.29, 0.717) is 0 Å². The summed E-state index contributed by atoms with van der Waals surface area (Å²) in [6.45, 7) is 0. The first-order valence-electron chi connectivity index (χ1n) is 4.98. The number of aromatic hydroxyl groups is 1. The lowest BCUT2D eigenvalue weighted by Gasteiger charge is -2.08. The number of alkyl halides is 3. The Kier molecular flexibility index (Phi) is 4.36. The van der Waals surface area contributed by atoms with E-state index in [-0.39, 0.29) is 17.7 Å². The molecule has 0 saturated carbocycles. The molecule has 0 saturated heterocycles. The Morgan fingerprint density at radius 3 is 2.67 bits per heavy atom.